The Morgan fingerprint density at radius 1 is 1.30 bits per heavy atom. The van der Waals surface area contributed by atoms with Crippen LogP contribution in [-0.2, 0) is 22.7 Å². The molecule has 0 spiro atoms. The molecule has 0 N–H and O–H groups in total. The van der Waals surface area contributed by atoms with Crippen LogP contribution in [0.25, 0.3) is 0 Å². The summed E-state index contributed by atoms with van der Waals surface area (Å²) in [7, 11) is -2.41. The summed E-state index contributed by atoms with van der Waals surface area (Å²) in [5, 5.41) is 3.63. The van der Waals surface area contributed by atoms with Gasteiger partial charge in [-0.25, -0.2) is 12.7 Å². The van der Waals surface area contributed by atoms with Gasteiger partial charge in [-0.2, -0.15) is 13.2 Å². The molecular formula is C17H17F3N2O4S. The van der Waals surface area contributed by atoms with E-state index in [1.165, 1.54) is 13.2 Å². The van der Waals surface area contributed by atoms with Gasteiger partial charge in [0.05, 0.1) is 23.6 Å². The second-order valence-electron chi connectivity index (χ2n) is 6.60. The number of carbonyl (C=O) groups excluding carboxylic acids is 1. The van der Waals surface area contributed by atoms with Crippen molar-refractivity contribution in [1.29, 1.82) is 0 Å². The fourth-order valence-electron chi connectivity index (χ4n) is 2.68. The Morgan fingerprint density at radius 2 is 1.96 bits per heavy atom. The van der Waals surface area contributed by atoms with E-state index in [4.69, 9.17) is 4.52 Å². The van der Waals surface area contributed by atoms with Gasteiger partial charge in [0.2, 0.25) is 10.0 Å². The Morgan fingerprint density at radius 3 is 2.52 bits per heavy atom. The highest BCUT2D eigenvalue weighted by Crippen LogP contribution is 2.42. The summed E-state index contributed by atoms with van der Waals surface area (Å²) in [6.45, 7) is -0.367. The average Bonchev–Trinajstić information content (AvgIpc) is 3.29. The molecule has 3 rings (SSSR count). The van der Waals surface area contributed by atoms with E-state index in [2.05, 4.69) is 5.16 Å². The predicted octanol–water partition coefficient (Wildman–Crippen LogP) is 3.19. The molecule has 1 aromatic heterocycles. The lowest BCUT2D eigenvalue weighted by Gasteiger charge is -2.18. The maximum Gasteiger partial charge on any atom is 0.416 e. The summed E-state index contributed by atoms with van der Waals surface area (Å²) in [6, 6.07) is 2.68. The minimum Gasteiger partial charge on any atom is -0.360 e. The first-order valence-corrected chi connectivity index (χ1v) is 9.94. The van der Waals surface area contributed by atoms with E-state index in [0.29, 0.717) is 5.76 Å². The molecular weight excluding hydrogens is 385 g/mol. The molecule has 1 aliphatic rings. The summed E-state index contributed by atoms with van der Waals surface area (Å²) >= 11 is 0. The SMILES string of the molecule is CN(Cc1cc(C(F)(F)F)ccc1C(=O)c1cnoc1C1CC1)S(C)(=O)=O. The molecule has 6 nitrogen and oxygen atoms in total. The Bertz CT molecular complexity index is 978. The number of nitrogens with zero attached hydrogens (tertiary/aromatic N) is 2. The van der Waals surface area contributed by atoms with Gasteiger partial charge in [-0.1, -0.05) is 11.2 Å². The monoisotopic (exact) mass is 402 g/mol. The van der Waals surface area contributed by atoms with E-state index >= 15 is 0 Å². The van der Waals surface area contributed by atoms with Crippen molar-refractivity contribution >= 4 is 15.8 Å². The molecule has 0 bridgehead atoms. The molecule has 27 heavy (non-hydrogen) atoms. The molecule has 1 saturated carbocycles. The first-order chi connectivity index (χ1) is 12.5. The third-order valence-corrected chi connectivity index (χ3v) is 5.69. The van der Waals surface area contributed by atoms with Crippen LogP contribution in [0.15, 0.2) is 28.9 Å². The number of rotatable bonds is 6. The third-order valence-electron chi connectivity index (χ3n) is 4.43. The second-order valence-corrected chi connectivity index (χ2v) is 8.69. The van der Waals surface area contributed by atoms with Gasteiger partial charge in [0.15, 0.2) is 11.5 Å². The number of hydrogen-bond acceptors (Lipinski definition) is 5. The van der Waals surface area contributed by atoms with Crippen molar-refractivity contribution in [3.8, 4) is 0 Å². The lowest BCUT2D eigenvalue weighted by Crippen LogP contribution is -2.26. The first kappa shape index (κ1) is 19.6. The molecule has 0 unspecified atom stereocenters. The number of carbonyl (C=O) groups is 1. The number of alkyl halides is 3. The van der Waals surface area contributed by atoms with Gasteiger partial charge in [0, 0.05) is 25.1 Å². The van der Waals surface area contributed by atoms with Gasteiger partial charge in [-0.3, -0.25) is 4.79 Å². The minimum absolute atomic E-state index is 0.0106. The van der Waals surface area contributed by atoms with Gasteiger partial charge in [-0.15, -0.1) is 0 Å². The van der Waals surface area contributed by atoms with Crippen molar-refractivity contribution in [3.63, 3.8) is 0 Å². The number of aromatic nitrogens is 1. The van der Waals surface area contributed by atoms with Crippen LogP contribution in [0.3, 0.4) is 0 Å². The van der Waals surface area contributed by atoms with Crippen molar-refractivity contribution in [2.75, 3.05) is 13.3 Å². The van der Waals surface area contributed by atoms with Gasteiger partial charge >= 0.3 is 6.18 Å². The van der Waals surface area contributed by atoms with Crippen molar-refractivity contribution in [2.45, 2.75) is 31.5 Å². The zero-order valence-corrected chi connectivity index (χ0v) is 15.4. The van der Waals surface area contributed by atoms with Gasteiger partial charge < -0.3 is 4.52 Å². The Labute approximate surface area is 154 Å². The van der Waals surface area contributed by atoms with Crippen LogP contribution in [-0.4, -0.2) is 37.0 Å². The summed E-state index contributed by atoms with van der Waals surface area (Å²) in [5.74, 6) is -0.0332. The Kier molecular flexibility index (Phi) is 4.89. The summed E-state index contributed by atoms with van der Waals surface area (Å²) in [6.07, 6.45) is -0.723. The zero-order valence-electron chi connectivity index (χ0n) is 14.6. The molecule has 0 amide bonds. The predicted molar refractivity (Wildman–Crippen MR) is 89.7 cm³/mol. The summed E-state index contributed by atoms with van der Waals surface area (Å²) in [4.78, 5) is 12.9. The van der Waals surface area contributed by atoms with Crippen LogP contribution in [0.1, 0.15) is 51.6 Å². The molecule has 1 aliphatic carbocycles. The highest BCUT2D eigenvalue weighted by Gasteiger charge is 2.35. The van der Waals surface area contributed by atoms with Crippen LogP contribution < -0.4 is 0 Å². The molecule has 0 saturated heterocycles. The quantitative estimate of drug-likeness (QED) is 0.694. The lowest BCUT2D eigenvalue weighted by atomic mass is 9.96. The van der Waals surface area contributed by atoms with E-state index in [-0.39, 0.29) is 29.2 Å². The number of ketones is 1. The molecule has 10 heteroatoms. The third kappa shape index (κ3) is 4.22. The highest BCUT2D eigenvalue weighted by atomic mass is 32.2. The molecule has 1 heterocycles. The van der Waals surface area contributed by atoms with Crippen LogP contribution >= 0.6 is 0 Å². The molecule has 0 aliphatic heterocycles. The summed E-state index contributed by atoms with van der Waals surface area (Å²) < 4.78 is 68.6. The summed E-state index contributed by atoms with van der Waals surface area (Å²) in [5.41, 5.74) is -0.807. The molecule has 0 atom stereocenters. The van der Waals surface area contributed by atoms with Crippen molar-refractivity contribution in [3.05, 3.63) is 52.4 Å². The first-order valence-electron chi connectivity index (χ1n) is 8.09. The van der Waals surface area contributed by atoms with Gasteiger partial charge in [0.25, 0.3) is 0 Å². The van der Waals surface area contributed by atoms with E-state index in [9.17, 15) is 26.4 Å². The van der Waals surface area contributed by atoms with E-state index in [1.54, 1.807) is 0 Å². The fraction of sp³-hybridized carbons (Fsp3) is 0.412. The van der Waals surface area contributed by atoms with Crippen molar-refractivity contribution < 1.29 is 30.9 Å². The van der Waals surface area contributed by atoms with E-state index in [0.717, 1.165) is 41.6 Å². The van der Waals surface area contributed by atoms with Crippen molar-refractivity contribution in [2.24, 2.45) is 0 Å². The Hall–Kier alpha value is -2.20. The van der Waals surface area contributed by atoms with Crippen LogP contribution in [0.2, 0.25) is 0 Å². The largest absolute Gasteiger partial charge is 0.416 e. The second kappa shape index (κ2) is 6.75. The number of hydrogen-bond donors (Lipinski definition) is 0. The fourth-order valence-corrected chi connectivity index (χ4v) is 3.06. The zero-order chi connectivity index (χ0) is 20.0. The average molecular weight is 402 g/mol. The maximum absolute atomic E-state index is 13.1. The molecule has 2 aromatic rings. The van der Waals surface area contributed by atoms with Crippen LogP contribution in [0, 0.1) is 0 Å². The Balaban J connectivity index is 2.05. The standard InChI is InChI=1S/C17H17F3N2O4S/c1-22(27(2,24)25)9-11-7-12(17(18,19)20)5-6-13(11)15(23)14-8-21-26-16(14)10-3-4-10/h5-8,10H,3-4,9H2,1-2H3. The maximum atomic E-state index is 13.1. The number of benzene rings is 1. The normalized spacial score (nSPS) is 15.3. The molecule has 1 fully saturated rings. The van der Waals surface area contributed by atoms with E-state index < -0.39 is 27.5 Å². The molecule has 146 valence electrons. The topological polar surface area (TPSA) is 80.5 Å². The highest BCUT2D eigenvalue weighted by molar-refractivity contribution is 7.88. The lowest BCUT2D eigenvalue weighted by molar-refractivity contribution is -0.137. The van der Waals surface area contributed by atoms with Gasteiger partial charge in [0.1, 0.15) is 0 Å². The van der Waals surface area contributed by atoms with E-state index in [1.807, 2.05) is 0 Å². The number of halogens is 3. The van der Waals surface area contributed by atoms with Crippen LogP contribution in [0.4, 0.5) is 13.2 Å². The number of sulfonamides is 1. The molecule has 0 radical (unpaired) electrons. The van der Waals surface area contributed by atoms with Gasteiger partial charge in [-0.05, 0) is 30.5 Å². The minimum atomic E-state index is -4.61. The van der Waals surface area contributed by atoms with Crippen LogP contribution in [0.5, 0.6) is 0 Å². The van der Waals surface area contributed by atoms with Crippen molar-refractivity contribution in [1.82, 2.24) is 9.46 Å². The molecule has 1 aromatic carbocycles. The smallest absolute Gasteiger partial charge is 0.360 e.